The predicted octanol–water partition coefficient (Wildman–Crippen LogP) is 2.52. The van der Waals surface area contributed by atoms with Gasteiger partial charge < -0.3 is 15.2 Å². The number of carbonyl (C=O) groups excluding carboxylic acids is 1. The Balaban J connectivity index is 1.92. The molecule has 0 atom stereocenters. The van der Waals surface area contributed by atoms with Crippen molar-refractivity contribution in [3.05, 3.63) is 59.7 Å². The second kappa shape index (κ2) is 7.51. The molecule has 4 nitrogen and oxygen atoms in total. The van der Waals surface area contributed by atoms with Crippen molar-refractivity contribution in [2.24, 2.45) is 0 Å². The van der Waals surface area contributed by atoms with Crippen LogP contribution in [-0.2, 0) is 11.2 Å². The molecule has 2 N–H and O–H groups in total. The minimum absolute atomic E-state index is 0.0556. The third-order valence-corrected chi connectivity index (χ3v) is 2.85. The maximum Gasteiger partial charge on any atom is 0.228 e. The molecule has 0 unspecified atom stereocenters. The molecule has 2 aromatic carbocycles. The van der Waals surface area contributed by atoms with Gasteiger partial charge in [-0.15, -0.1) is 0 Å². The monoisotopic (exact) mass is 307 g/mol. The number of hydrogen-bond donors (Lipinski definition) is 2. The first-order valence-corrected chi connectivity index (χ1v) is 6.66. The average molecular weight is 307 g/mol. The molecule has 0 radical (unpaired) electrons. The van der Waals surface area contributed by atoms with E-state index in [1.807, 2.05) is 0 Å². The second-order valence-corrected chi connectivity index (χ2v) is 4.57. The zero-order valence-electron chi connectivity index (χ0n) is 11.7. The van der Waals surface area contributed by atoms with Crippen molar-refractivity contribution in [1.82, 2.24) is 0 Å². The van der Waals surface area contributed by atoms with Gasteiger partial charge in [0.1, 0.15) is 12.4 Å². The number of rotatable bonds is 6. The van der Waals surface area contributed by atoms with Crippen LogP contribution in [0.3, 0.4) is 0 Å². The molecular formula is C16H15F2NO3. The number of aliphatic hydroxyl groups is 1. The number of hydrogen-bond acceptors (Lipinski definition) is 3. The smallest absolute Gasteiger partial charge is 0.228 e. The summed E-state index contributed by atoms with van der Waals surface area (Å²) < 4.78 is 31.1. The van der Waals surface area contributed by atoms with Crippen LogP contribution in [0.15, 0.2) is 42.5 Å². The van der Waals surface area contributed by atoms with E-state index in [2.05, 4.69) is 5.32 Å². The highest BCUT2D eigenvalue weighted by atomic mass is 19.2. The van der Waals surface area contributed by atoms with Gasteiger partial charge in [0, 0.05) is 5.69 Å². The van der Waals surface area contributed by atoms with Crippen molar-refractivity contribution in [2.45, 2.75) is 6.42 Å². The molecule has 0 bridgehead atoms. The Labute approximate surface area is 126 Å². The highest BCUT2D eigenvalue weighted by Gasteiger charge is 2.07. The van der Waals surface area contributed by atoms with Crippen LogP contribution in [0.1, 0.15) is 5.56 Å². The number of ether oxygens (including phenoxy) is 1. The van der Waals surface area contributed by atoms with Crippen molar-refractivity contribution < 1.29 is 23.4 Å². The lowest BCUT2D eigenvalue weighted by Crippen LogP contribution is -2.14. The third kappa shape index (κ3) is 4.53. The van der Waals surface area contributed by atoms with E-state index >= 15 is 0 Å². The number of anilines is 1. The normalized spacial score (nSPS) is 10.3. The molecule has 116 valence electrons. The summed E-state index contributed by atoms with van der Waals surface area (Å²) in [6.07, 6.45) is -0.0556. The van der Waals surface area contributed by atoms with Crippen LogP contribution in [0.2, 0.25) is 0 Å². The summed E-state index contributed by atoms with van der Waals surface area (Å²) in [5.41, 5.74) is 0.947. The van der Waals surface area contributed by atoms with Crippen LogP contribution >= 0.6 is 0 Å². The van der Waals surface area contributed by atoms with Crippen molar-refractivity contribution in [3.63, 3.8) is 0 Å². The summed E-state index contributed by atoms with van der Waals surface area (Å²) in [4.78, 5) is 11.8. The van der Waals surface area contributed by atoms with Gasteiger partial charge in [0.05, 0.1) is 13.0 Å². The van der Waals surface area contributed by atoms with Gasteiger partial charge in [0.25, 0.3) is 0 Å². The molecule has 1 amide bonds. The molecule has 0 saturated heterocycles. The Bertz CT molecular complexity index is 644. The molecule has 0 aliphatic rings. The third-order valence-electron chi connectivity index (χ3n) is 2.85. The number of halogens is 2. The van der Waals surface area contributed by atoms with Gasteiger partial charge in [0.15, 0.2) is 11.6 Å². The van der Waals surface area contributed by atoms with Crippen molar-refractivity contribution in [3.8, 4) is 5.75 Å². The van der Waals surface area contributed by atoms with Crippen LogP contribution in [0, 0.1) is 11.6 Å². The molecule has 0 aliphatic heterocycles. The molecule has 0 aliphatic carbocycles. The minimum atomic E-state index is -0.976. The van der Waals surface area contributed by atoms with Crippen LogP contribution < -0.4 is 10.1 Å². The Morgan fingerprint density at radius 1 is 1.09 bits per heavy atom. The highest BCUT2D eigenvalue weighted by Crippen LogP contribution is 2.16. The first kappa shape index (κ1) is 15.9. The van der Waals surface area contributed by atoms with E-state index in [4.69, 9.17) is 9.84 Å². The summed E-state index contributed by atoms with van der Waals surface area (Å²) in [7, 11) is 0. The molecule has 0 saturated carbocycles. The molecule has 0 spiro atoms. The van der Waals surface area contributed by atoms with Gasteiger partial charge in [-0.25, -0.2) is 8.78 Å². The number of benzene rings is 2. The molecule has 2 rings (SSSR count). The summed E-state index contributed by atoms with van der Waals surface area (Å²) in [5.74, 6) is -1.68. The SMILES string of the molecule is O=C(Cc1ccc(F)c(F)c1)Nc1ccc(OCCO)cc1. The fourth-order valence-corrected chi connectivity index (χ4v) is 1.84. The zero-order valence-corrected chi connectivity index (χ0v) is 11.7. The van der Waals surface area contributed by atoms with Gasteiger partial charge in [-0.3, -0.25) is 4.79 Å². The molecule has 22 heavy (non-hydrogen) atoms. The fourth-order valence-electron chi connectivity index (χ4n) is 1.84. The number of carbonyl (C=O) groups is 1. The second-order valence-electron chi connectivity index (χ2n) is 4.57. The first-order valence-electron chi connectivity index (χ1n) is 6.66. The van der Waals surface area contributed by atoms with Gasteiger partial charge in [-0.1, -0.05) is 6.07 Å². The molecule has 2 aromatic rings. The Kier molecular flexibility index (Phi) is 5.43. The van der Waals surface area contributed by atoms with Gasteiger partial charge >= 0.3 is 0 Å². The van der Waals surface area contributed by atoms with Crippen LogP contribution in [-0.4, -0.2) is 24.2 Å². The minimum Gasteiger partial charge on any atom is -0.491 e. The Hall–Kier alpha value is -2.47. The maximum absolute atomic E-state index is 13.1. The summed E-state index contributed by atoms with van der Waals surface area (Å²) in [6, 6.07) is 9.97. The summed E-state index contributed by atoms with van der Waals surface area (Å²) in [5, 5.41) is 11.3. The molecular weight excluding hydrogens is 292 g/mol. The first-order chi connectivity index (χ1) is 10.6. The molecule has 0 aromatic heterocycles. The van der Waals surface area contributed by atoms with Crippen LogP contribution in [0.25, 0.3) is 0 Å². The Morgan fingerprint density at radius 3 is 2.45 bits per heavy atom. The summed E-state index contributed by atoms with van der Waals surface area (Å²) >= 11 is 0. The van der Waals surface area contributed by atoms with Gasteiger partial charge in [-0.05, 0) is 42.0 Å². The largest absolute Gasteiger partial charge is 0.491 e. The lowest BCUT2D eigenvalue weighted by atomic mass is 10.1. The standard InChI is InChI=1S/C16H15F2NO3/c17-14-6-1-11(9-15(14)18)10-16(21)19-12-2-4-13(5-3-12)22-8-7-20/h1-6,9,20H,7-8,10H2,(H,19,21). The molecule has 6 heteroatoms. The van der Waals surface area contributed by atoms with E-state index < -0.39 is 11.6 Å². The molecule has 0 fully saturated rings. The zero-order chi connectivity index (χ0) is 15.9. The lowest BCUT2D eigenvalue weighted by Gasteiger charge is -2.08. The van der Waals surface area contributed by atoms with Gasteiger partial charge in [-0.2, -0.15) is 0 Å². The topological polar surface area (TPSA) is 58.6 Å². The molecule has 0 heterocycles. The fraction of sp³-hybridized carbons (Fsp3) is 0.188. The maximum atomic E-state index is 13.1. The van der Waals surface area contributed by atoms with E-state index in [1.54, 1.807) is 24.3 Å². The predicted molar refractivity (Wildman–Crippen MR) is 77.7 cm³/mol. The average Bonchev–Trinajstić information content (AvgIpc) is 2.50. The van der Waals surface area contributed by atoms with Crippen molar-refractivity contribution in [1.29, 1.82) is 0 Å². The number of amides is 1. The van der Waals surface area contributed by atoms with E-state index in [1.165, 1.54) is 6.07 Å². The van der Waals surface area contributed by atoms with E-state index in [0.717, 1.165) is 12.1 Å². The van der Waals surface area contributed by atoms with Crippen molar-refractivity contribution in [2.75, 3.05) is 18.5 Å². The lowest BCUT2D eigenvalue weighted by molar-refractivity contribution is -0.115. The quantitative estimate of drug-likeness (QED) is 0.862. The van der Waals surface area contributed by atoms with Crippen molar-refractivity contribution >= 4 is 11.6 Å². The van der Waals surface area contributed by atoms with E-state index in [-0.39, 0.29) is 25.5 Å². The van der Waals surface area contributed by atoms with E-state index in [9.17, 15) is 13.6 Å². The van der Waals surface area contributed by atoms with Gasteiger partial charge in [0.2, 0.25) is 5.91 Å². The Morgan fingerprint density at radius 2 is 1.82 bits per heavy atom. The number of aliphatic hydroxyl groups excluding tert-OH is 1. The van der Waals surface area contributed by atoms with Crippen LogP contribution in [0.5, 0.6) is 5.75 Å². The van der Waals surface area contributed by atoms with Crippen LogP contribution in [0.4, 0.5) is 14.5 Å². The highest BCUT2D eigenvalue weighted by molar-refractivity contribution is 5.92. The van der Waals surface area contributed by atoms with E-state index in [0.29, 0.717) is 17.0 Å². The number of nitrogens with one attached hydrogen (secondary N) is 1. The summed E-state index contributed by atoms with van der Waals surface area (Å²) in [6.45, 7) is 0.120.